The quantitative estimate of drug-likeness (QED) is 0.388. The second kappa shape index (κ2) is 10.1. The van der Waals surface area contributed by atoms with Crippen molar-refractivity contribution in [1.82, 2.24) is 5.32 Å². The van der Waals surface area contributed by atoms with Crippen LogP contribution in [0.5, 0.6) is 5.75 Å². The first-order valence-electron chi connectivity index (χ1n) is 9.35. The lowest BCUT2D eigenvalue weighted by molar-refractivity contribution is 0.302. The molecule has 3 rings (SSSR count). The summed E-state index contributed by atoms with van der Waals surface area (Å²) in [6, 6.07) is 9.90. The summed E-state index contributed by atoms with van der Waals surface area (Å²) in [5.41, 5.74) is 3.30. The number of halogens is 3. The van der Waals surface area contributed by atoms with Crippen LogP contribution >= 0.6 is 23.2 Å². The van der Waals surface area contributed by atoms with Gasteiger partial charge in [-0.2, -0.15) is 0 Å². The Bertz CT molecular complexity index is 807. The highest BCUT2D eigenvalue weighted by molar-refractivity contribution is 6.31. The van der Waals surface area contributed by atoms with Gasteiger partial charge >= 0.3 is 0 Å². The summed E-state index contributed by atoms with van der Waals surface area (Å²) in [5.74, 6) is 0.400. The van der Waals surface area contributed by atoms with E-state index in [1.165, 1.54) is 37.8 Å². The SMILES string of the molecule is Fc1ccc(COc2ccc(Cl)cc2CNCCC2=CCCCC2)c(Cl)c1. The number of ether oxygens (including phenoxy) is 1. The summed E-state index contributed by atoms with van der Waals surface area (Å²) in [5, 5.41) is 4.52. The molecule has 0 saturated carbocycles. The van der Waals surface area contributed by atoms with Gasteiger partial charge in [0.1, 0.15) is 18.2 Å². The van der Waals surface area contributed by atoms with Gasteiger partial charge in [-0.05, 0) is 69.0 Å². The molecular weight excluding hydrogens is 384 g/mol. The van der Waals surface area contributed by atoms with Crippen LogP contribution in [-0.2, 0) is 13.2 Å². The van der Waals surface area contributed by atoms with E-state index in [0.29, 0.717) is 16.6 Å². The maximum absolute atomic E-state index is 13.2. The van der Waals surface area contributed by atoms with Crippen LogP contribution in [0, 0.1) is 5.82 Å². The third-order valence-corrected chi connectivity index (χ3v) is 5.33. The molecule has 144 valence electrons. The van der Waals surface area contributed by atoms with Gasteiger partial charge in [-0.25, -0.2) is 4.39 Å². The van der Waals surface area contributed by atoms with Gasteiger partial charge in [-0.15, -0.1) is 0 Å². The fraction of sp³-hybridized carbons (Fsp3) is 0.364. The standard InChI is InChI=1S/C22H24Cl2FNO/c23-19-7-9-22(27-15-17-6-8-20(25)13-21(17)24)18(12-19)14-26-11-10-16-4-2-1-3-5-16/h4,6-9,12-13,26H,1-3,5,10-11,14-15H2. The van der Waals surface area contributed by atoms with E-state index in [0.717, 1.165) is 29.8 Å². The van der Waals surface area contributed by atoms with Crippen LogP contribution in [0.4, 0.5) is 4.39 Å². The Hall–Kier alpha value is -1.55. The highest BCUT2D eigenvalue weighted by Crippen LogP contribution is 2.26. The second-order valence-corrected chi connectivity index (χ2v) is 7.66. The first kappa shape index (κ1) is 20.2. The summed E-state index contributed by atoms with van der Waals surface area (Å²) >= 11 is 12.2. The van der Waals surface area contributed by atoms with Crippen molar-refractivity contribution < 1.29 is 9.13 Å². The van der Waals surface area contributed by atoms with E-state index < -0.39 is 0 Å². The van der Waals surface area contributed by atoms with Crippen LogP contribution in [0.2, 0.25) is 10.0 Å². The molecule has 0 amide bonds. The van der Waals surface area contributed by atoms with Gasteiger partial charge < -0.3 is 10.1 Å². The molecule has 0 atom stereocenters. The molecule has 0 unspecified atom stereocenters. The molecule has 27 heavy (non-hydrogen) atoms. The van der Waals surface area contributed by atoms with Crippen molar-refractivity contribution in [3.63, 3.8) is 0 Å². The Labute approximate surface area is 170 Å². The molecule has 2 aromatic carbocycles. The highest BCUT2D eigenvalue weighted by Gasteiger charge is 2.08. The molecule has 1 N–H and O–H groups in total. The van der Waals surface area contributed by atoms with Crippen LogP contribution in [0.15, 0.2) is 48.0 Å². The minimum Gasteiger partial charge on any atom is -0.489 e. The average molecular weight is 408 g/mol. The van der Waals surface area contributed by atoms with Gasteiger partial charge in [0.05, 0.1) is 5.02 Å². The summed E-state index contributed by atoms with van der Waals surface area (Å²) in [6.07, 6.45) is 8.54. The number of allylic oxidation sites excluding steroid dienone is 1. The van der Waals surface area contributed by atoms with Crippen molar-refractivity contribution in [3.8, 4) is 5.75 Å². The van der Waals surface area contributed by atoms with Crippen LogP contribution in [0.25, 0.3) is 0 Å². The van der Waals surface area contributed by atoms with Crippen LogP contribution in [0.3, 0.4) is 0 Å². The predicted octanol–water partition coefficient (Wildman–Crippen LogP) is 6.69. The maximum Gasteiger partial charge on any atom is 0.124 e. The number of rotatable bonds is 8. The summed E-state index contributed by atoms with van der Waals surface area (Å²) < 4.78 is 19.1. The molecule has 1 aliphatic carbocycles. The Balaban J connectivity index is 1.56. The fourth-order valence-corrected chi connectivity index (χ4v) is 3.64. The zero-order valence-corrected chi connectivity index (χ0v) is 16.8. The van der Waals surface area contributed by atoms with Gasteiger partial charge in [-0.3, -0.25) is 0 Å². The maximum atomic E-state index is 13.2. The Morgan fingerprint density at radius 2 is 1.93 bits per heavy atom. The molecule has 0 radical (unpaired) electrons. The minimum atomic E-state index is -0.354. The summed E-state index contributed by atoms with van der Waals surface area (Å²) in [4.78, 5) is 0. The molecule has 0 bridgehead atoms. The van der Waals surface area contributed by atoms with Gasteiger partial charge in [0, 0.05) is 22.7 Å². The third kappa shape index (κ3) is 6.24. The predicted molar refractivity (Wildman–Crippen MR) is 110 cm³/mol. The summed E-state index contributed by atoms with van der Waals surface area (Å²) in [7, 11) is 0. The van der Waals surface area contributed by atoms with Crippen molar-refractivity contribution in [2.24, 2.45) is 0 Å². The Morgan fingerprint density at radius 3 is 2.70 bits per heavy atom. The average Bonchev–Trinajstić information content (AvgIpc) is 2.66. The minimum absolute atomic E-state index is 0.278. The number of nitrogens with one attached hydrogen (secondary N) is 1. The first-order valence-corrected chi connectivity index (χ1v) is 10.1. The lowest BCUT2D eigenvalue weighted by atomic mass is 9.97. The molecule has 2 aromatic rings. The van der Waals surface area contributed by atoms with Crippen LogP contribution in [0.1, 0.15) is 43.2 Å². The van der Waals surface area contributed by atoms with E-state index in [1.807, 2.05) is 12.1 Å². The van der Waals surface area contributed by atoms with Gasteiger partial charge in [0.25, 0.3) is 0 Å². The third-order valence-electron chi connectivity index (χ3n) is 4.74. The van der Waals surface area contributed by atoms with E-state index in [1.54, 1.807) is 17.7 Å². The normalized spacial score (nSPS) is 14.1. The molecule has 0 spiro atoms. The zero-order valence-electron chi connectivity index (χ0n) is 15.2. The van der Waals surface area contributed by atoms with Crippen molar-refractivity contribution in [2.75, 3.05) is 6.54 Å². The molecule has 0 heterocycles. The van der Waals surface area contributed by atoms with E-state index in [-0.39, 0.29) is 12.4 Å². The van der Waals surface area contributed by atoms with E-state index in [9.17, 15) is 4.39 Å². The molecule has 0 fully saturated rings. The van der Waals surface area contributed by atoms with Crippen LogP contribution in [-0.4, -0.2) is 6.54 Å². The molecule has 0 aliphatic heterocycles. The fourth-order valence-electron chi connectivity index (χ4n) is 3.22. The van der Waals surface area contributed by atoms with E-state index in [4.69, 9.17) is 27.9 Å². The van der Waals surface area contributed by atoms with Crippen molar-refractivity contribution in [2.45, 2.75) is 45.3 Å². The Morgan fingerprint density at radius 1 is 1.04 bits per heavy atom. The number of hydrogen-bond donors (Lipinski definition) is 1. The number of benzene rings is 2. The van der Waals surface area contributed by atoms with Crippen molar-refractivity contribution >= 4 is 23.2 Å². The van der Waals surface area contributed by atoms with Crippen molar-refractivity contribution in [1.29, 1.82) is 0 Å². The summed E-state index contributed by atoms with van der Waals surface area (Å²) in [6.45, 7) is 1.89. The van der Waals surface area contributed by atoms with Gasteiger partial charge in [0.15, 0.2) is 0 Å². The Kier molecular flexibility index (Phi) is 7.57. The molecule has 2 nitrogen and oxygen atoms in total. The second-order valence-electron chi connectivity index (χ2n) is 6.81. The van der Waals surface area contributed by atoms with Gasteiger partial charge in [0.2, 0.25) is 0 Å². The molecule has 0 saturated heterocycles. The van der Waals surface area contributed by atoms with Crippen LogP contribution < -0.4 is 10.1 Å². The first-order chi connectivity index (χ1) is 13.1. The van der Waals surface area contributed by atoms with E-state index in [2.05, 4.69) is 11.4 Å². The zero-order chi connectivity index (χ0) is 19.1. The largest absolute Gasteiger partial charge is 0.489 e. The van der Waals surface area contributed by atoms with Crippen molar-refractivity contribution in [3.05, 3.63) is 75.0 Å². The lowest BCUT2D eigenvalue weighted by Gasteiger charge is -2.15. The number of hydrogen-bond acceptors (Lipinski definition) is 2. The highest BCUT2D eigenvalue weighted by atomic mass is 35.5. The van der Waals surface area contributed by atoms with Gasteiger partial charge in [-0.1, -0.05) is 40.9 Å². The molecule has 1 aliphatic rings. The lowest BCUT2D eigenvalue weighted by Crippen LogP contribution is -2.16. The van der Waals surface area contributed by atoms with E-state index >= 15 is 0 Å². The molecule has 0 aromatic heterocycles. The molecule has 5 heteroatoms. The molecular formula is C22H24Cl2FNO. The smallest absolute Gasteiger partial charge is 0.124 e. The topological polar surface area (TPSA) is 21.3 Å². The monoisotopic (exact) mass is 407 g/mol.